The molecular weight excluding hydrogens is 397 g/mol. The Morgan fingerprint density at radius 1 is 1.10 bits per heavy atom. The molecule has 0 unspecified atom stereocenters. The summed E-state index contributed by atoms with van der Waals surface area (Å²) in [5.74, 6) is -1.25. The van der Waals surface area contributed by atoms with Crippen LogP contribution in [0.5, 0.6) is 0 Å². The molecule has 0 saturated carbocycles. The van der Waals surface area contributed by atoms with Gasteiger partial charge in [-0.1, -0.05) is 18.2 Å². The molecule has 1 heterocycles. The maximum atomic E-state index is 13.4. The number of hydrogen-bond acceptors (Lipinski definition) is 5. The second kappa shape index (κ2) is 7.96. The summed E-state index contributed by atoms with van der Waals surface area (Å²) in [4.78, 5) is 24.1. The third kappa shape index (κ3) is 4.57. The molecule has 0 saturated heterocycles. The summed E-state index contributed by atoms with van der Waals surface area (Å²) in [6.07, 6.45) is 0. The molecule has 0 bridgehead atoms. The molecule has 29 heavy (non-hydrogen) atoms. The number of aromatic nitrogens is 2. The largest absolute Gasteiger partial charge is 0.324 e. The first-order valence-corrected chi connectivity index (χ1v) is 10.1. The van der Waals surface area contributed by atoms with Gasteiger partial charge in [0.2, 0.25) is 15.7 Å². The van der Waals surface area contributed by atoms with Gasteiger partial charge in [-0.25, -0.2) is 17.5 Å². The van der Waals surface area contributed by atoms with Gasteiger partial charge in [-0.2, -0.15) is 5.10 Å². The van der Waals surface area contributed by atoms with Crippen molar-refractivity contribution in [1.82, 2.24) is 9.78 Å². The van der Waals surface area contributed by atoms with Crippen molar-refractivity contribution in [3.63, 3.8) is 0 Å². The lowest BCUT2D eigenvalue weighted by Crippen LogP contribution is -2.30. The minimum absolute atomic E-state index is 0.296. The molecule has 1 aromatic heterocycles. The maximum Gasteiger partial charge on any atom is 0.267 e. The van der Waals surface area contributed by atoms with E-state index in [0.717, 1.165) is 40.1 Å². The van der Waals surface area contributed by atoms with Gasteiger partial charge in [-0.3, -0.25) is 9.59 Å². The van der Waals surface area contributed by atoms with E-state index in [2.05, 4.69) is 10.4 Å². The maximum absolute atomic E-state index is 13.4. The summed E-state index contributed by atoms with van der Waals surface area (Å²) in [5.41, 5.74) is 1.74. The number of carbonyl (C=O) groups excluding carboxylic acids is 1. The monoisotopic (exact) mass is 415 g/mol. The van der Waals surface area contributed by atoms with Crippen LogP contribution in [0, 0.1) is 19.7 Å². The van der Waals surface area contributed by atoms with Gasteiger partial charge < -0.3 is 5.32 Å². The van der Waals surface area contributed by atoms with Crippen LogP contribution in [0.15, 0.2) is 69.3 Å². The zero-order valence-corrected chi connectivity index (χ0v) is 16.5. The highest BCUT2D eigenvalue weighted by Gasteiger charge is 2.21. The Bertz CT molecular complexity index is 1250. The number of sulfone groups is 1. The lowest BCUT2D eigenvalue weighted by molar-refractivity contribution is -0.117. The fraction of sp³-hybridized carbons (Fsp3) is 0.150. The number of carbonyl (C=O) groups is 1. The molecule has 0 spiro atoms. The lowest BCUT2D eigenvalue weighted by atomic mass is 10.1. The number of halogens is 1. The molecule has 0 aliphatic rings. The molecular formula is C20H18FN3O4S. The predicted octanol–water partition coefficient (Wildman–Crippen LogP) is 2.47. The normalized spacial score (nSPS) is 11.3. The summed E-state index contributed by atoms with van der Waals surface area (Å²) in [6, 6.07) is 12.0. The van der Waals surface area contributed by atoms with Crippen LogP contribution in [-0.4, -0.2) is 24.1 Å². The summed E-state index contributed by atoms with van der Waals surface area (Å²) in [7, 11) is -4.15. The molecule has 0 fully saturated rings. The Balaban J connectivity index is 1.88. The summed E-state index contributed by atoms with van der Waals surface area (Å²) in [6.45, 7) is 3.23. The number of anilines is 1. The van der Waals surface area contributed by atoms with Gasteiger partial charge in [0, 0.05) is 11.8 Å². The van der Waals surface area contributed by atoms with E-state index in [1.165, 1.54) is 12.1 Å². The van der Waals surface area contributed by atoms with E-state index >= 15 is 0 Å². The molecule has 2 aromatic carbocycles. The first kappa shape index (κ1) is 20.4. The Morgan fingerprint density at radius 3 is 2.59 bits per heavy atom. The molecule has 0 aliphatic carbocycles. The SMILES string of the molecule is Cc1ccc(C)c(NC(=O)Cn2nc(S(=O)(=O)c3cccc(F)c3)ccc2=O)c1. The topological polar surface area (TPSA) is 98.1 Å². The number of nitrogens with one attached hydrogen (secondary N) is 1. The fourth-order valence-corrected chi connectivity index (χ4v) is 3.86. The molecule has 1 amide bonds. The van der Waals surface area contributed by atoms with Crippen LogP contribution >= 0.6 is 0 Å². The van der Waals surface area contributed by atoms with Crippen molar-refractivity contribution < 1.29 is 17.6 Å². The van der Waals surface area contributed by atoms with Crippen LogP contribution < -0.4 is 10.9 Å². The van der Waals surface area contributed by atoms with Gasteiger partial charge in [-0.15, -0.1) is 0 Å². The van der Waals surface area contributed by atoms with Crippen molar-refractivity contribution in [2.45, 2.75) is 30.3 Å². The molecule has 3 rings (SSSR count). The Hall–Kier alpha value is -3.33. The van der Waals surface area contributed by atoms with Crippen molar-refractivity contribution in [2.75, 3.05) is 5.32 Å². The minimum atomic E-state index is -4.15. The second-order valence-electron chi connectivity index (χ2n) is 6.49. The average molecular weight is 415 g/mol. The molecule has 0 radical (unpaired) electrons. The summed E-state index contributed by atoms with van der Waals surface area (Å²) in [5, 5.41) is 6.03. The number of aryl methyl sites for hydroxylation is 2. The minimum Gasteiger partial charge on any atom is -0.324 e. The molecule has 150 valence electrons. The lowest BCUT2D eigenvalue weighted by Gasteiger charge is -2.11. The number of nitrogens with zero attached hydrogens (tertiary/aromatic N) is 2. The number of benzene rings is 2. The van der Waals surface area contributed by atoms with Gasteiger partial charge in [0.25, 0.3) is 5.56 Å². The van der Waals surface area contributed by atoms with E-state index in [1.807, 2.05) is 26.0 Å². The van der Waals surface area contributed by atoms with Crippen molar-refractivity contribution in [1.29, 1.82) is 0 Å². The molecule has 1 N–H and O–H groups in total. The molecule has 7 nitrogen and oxygen atoms in total. The van der Waals surface area contributed by atoms with E-state index in [-0.39, 0.29) is 4.90 Å². The van der Waals surface area contributed by atoms with Crippen LogP contribution in [-0.2, 0) is 21.2 Å². The number of rotatable bonds is 5. The Kier molecular flexibility index (Phi) is 5.60. The van der Waals surface area contributed by atoms with E-state index in [1.54, 1.807) is 6.07 Å². The second-order valence-corrected chi connectivity index (χ2v) is 8.39. The standard InChI is InChI=1S/C20H18FN3O4S/c1-13-6-7-14(2)17(10-13)22-18(25)12-24-20(26)9-8-19(23-24)29(27,28)16-5-3-4-15(21)11-16/h3-11H,12H2,1-2H3,(H,22,25). The fourth-order valence-electron chi connectivity index (χ4n) is 2.64. The van der Waals surface area contributed by atoms with E-state index in [4.69, 9.17) is 0 Å². The zero-order chi connectivity index (χ0) is 21.2. The van der Waals surface area contributed by atoms with Gasteiger partial charge in [0.1, 0.15) is 12.4 Å². The molecule has 0 aliphatic heterocycles. The third-order valence-electron chi connectivity index (χ3n) is 4.18. The Morgan fingerprint density at radius 2 is 1.86 bits per heavy atom. The van der Waals surface area contributed by atoms with Gasteiger partial charge in [0.15, 0.2) is 5.03 Å². The van der Waals surface area contributed by atoms with E-state index < -0.39 is 38.7 Å². The van der Waals surface area contributed by atoms with Gasteiger partial charge in [-0.05, 0) is 55.3 Å². The predicted molar refractivity (Wildman–Crippen MR) is 105 cm³/mol. The summed E-state index contributed by atoms with van der Waals surface area (Å²) < 4.78 is 39.5. The molecule has 9 heteroatoms. The van der Waals surface area contributed by atoms with E-state index in [9.17, 15) is 22.4 Å². The smallest absolute Gasteiger partial charge is 0.267 e. The van der Waals surface area contributed by atoms with Crippen molar-refractivity contribution >= 4 is 21.4 Å². The molecule has 3 aromatic rings. The van der Waals surface area contributed by atoms with Crippen LogP contribution in [0.25, 0.3) is 0 Å². The average Bonchev–Trinajstić information content (AvgIpc) is 2.66. The quantitative estimate of drug-likeness (QED) is 0.690. The van der Waals surface area contributed by atoms with Gasteiger partial charge in [0.05, 0.1) is 4.90 Å². The van der Waals surface area contributed by atoms with Crippen LogP contribution in [0.1, 0.15) is 11.1 Å². The van der Waals surface area contributed by atoms with Crippen molar-refractivity contribution in [3.05, 3.63) is 81.9 Å². The van der Waals surface area contributed by atoms with Crippen molar-refractivity contribution in [2.24, 2.45) is 0 Å². The van der Waals surface area contributed by atoms with Crippen LogP contribution in [0.4, 0.5) is 10.1 Å². The highest BCUT2D eigenvalue weighted by Crippen LogP contribution is 2.19. The third-order valence-corrected chi connectivity index (χ3v) is 5.83. The molecule has 0 atom stereocenters. The first-order chi connectivity index (χ1) is 13.7. The van der Waals surface area contributed by atoms with Crippen LogP contribution in [0.3, 0.4) is 0 Å². The number of amides is 1. The summed E-state index contributed by atoms with van der Waals surface area (Å²) >= 11 is 0. The highest BCUT2D eigenvalue weighted by atomic mass is 32.2. The van der Waals surface area contributed by atoms with Gasteiger partial charge >= 0.3 is 0 Å². The Labute approximate surface area is 166 Å². The van der Waals surface area contributed by atoms with E-state index in [0.29, 0.717) is 5.69 Å². The van der Waals surface area contributed by atoms with Crippen LogP contribution in [0.2, 0.25) is 0 Å². The highest BCUT2D eigenvalue weighted by molar-refractivity contribution is 7.91. The first-order valence-electron chi connectivity index (χ1n) is 8.63. The zero-order valence-electron chi connectivity index (χ0n) is 15.7. The van der Waals surface area contributed by atoms with Crippen molar-refractivity contribution in [3.8, 4) is 0 Å². The number of hydrogen-bond donors (Lipinski definition) is 1.